The standard InChI is InChI=1S/C16H18N2O4S/c1-2-3-7-13-8-4-5-11-16(13)17-23(21,22)15-10-6-9-14(12-15)18(19)20/h4-6,8-12,17H,2-3,7H2,1H3. The van der Waals surface area contributed by atoms with Gasteiger partial charge in [0.2, 0.25) is 0 Å². The molecule has 0 aromatic heterocycles. The summed E-state index contributed by atoms with van der Waals surface area (Å²) >= 11 is 0. The molecule has 0 amide bonds. The van der Waals surface area contributed by atoms with E-state index in [1.807, 2.05) is 12.1 Å². The van der Waals surface area contributed by atoms with E-state index < -0.39 is 14.9 Å². The maximum absolute atomic E-state index is 12.5. The molecular formula is C16H18N2O4S. The summed E-state index contributed by atoms with van der Waals surface area (Å²) in [5, 5.41) is 10.8. The van der Waals surface area contributed by atoms with Crippen LogP contribution >= 0.6 is 0 Å². The molecule has 0 atom stereocenters. The van der Waals surface area contributed by atoms with Crippen molar-refractivity contribution < 1.29 is 13.3 Å². The molecular weight excluding hydrogens is 316 g/mol. The summed E-state index contributed by atoms with van der Waals surface area (Å²) < 4.78 is 27.5. The second-order valence-electron chi connectivity index (χ2n) is 5.12. The number of sulfonamides is 1. The van der Waals surface area contributed by atoms with Crippen LogP contribution in [0.5, 0.6) is 0 Å². The monoisotopic (exact) mass is 334 g/mol. The quantitative estimate of drug-likeness (QED) is 0.617. The summed E-state index contributed by atoms with van der Waals surface area (Å²) in [6.45, 7) is 2.07. The highest BCUT2D eigenvalue weighted by molar-refractivity contribution is 7.92. The van der Waals surface area contributed by atoms with Crippen LogP contribution < -0.4 is 4.72 Å². The van der Waals surface area contributed by atoms with Gasteiger partial charge in [0.05, 0.1) is 15.5 Å². The minimum absolute atomic E-state index is 0.128. The third-order valence-corrected chi connectivity index (χ3v) is 4.76. The maximum Gasteiger partial charge on any atom is 0.270 e. The third kappa shape index (κ3) is 4.29. The molecule has 0 saturated carbocycles. The van der Waals surface area contributed by atoms with Gasteiger partial charge >= 0.3 is 0 Å². The van der Waals surface area contributed by atoms with Crippen molar-refractivity contribution in [1.82, 2.24) is 0 Å². The lowest BCUT2D eigenvalue weighted by Crippen LogP contribution is -2.14. The molecule has 0 spiro atoms. The average molecular weight is 334 g/mol. The number of nitro groups is 1. The second-order valence-corrected chi connectivity index (χ2v) is 6.80. The van der Waals surface area contributed by atoms with E-state index in [9.17, 15) is 18.5 Å². The first kappa shape index (κ1) is 17.0. The van der Waals surface area contributed by atoms with Crippen LogP contribution in [0.1, 0.15) is 25.3 Å². The highest BCUT2D eigenvalue weighted by atomic mass is 32.2. The number of para-hydroxylation sites is 1. The Bertz CT molecular complexity index is 803. The molecule has 0 heterocycles. The molecule has 0 saturated heterocycles. The number of nitrogens with one attached hydrogen (secondary N) is 1. The number of benzene rings is 2. The summed E-state index contributed by atoms with van der Waals surface area (Å²) in [4.78, 5) is 10.1. The molecule has 2 aromatic rings. The Morgan fingerprint density at radius 3 is 2.57 bits per heavy atom. The van der Waals surface area contributed by atoms with Crippen molar-refractivity contribution in [3.8, 4) is 0 Å². The Balaban J connectivity index is 2.32. The first-order chi connectivity index (χ1) is 10.9. The lowest BCUT2D eigenvalue weighted by molar-refractivity contribution is -0.385. The van der Waals surface area contributed by atoms with E-state index in [1.165, 1.54) is 18.2 Å². The molecule has 7 heteroatoms. The Hall–Kier alpha value is -2.41. The van der Waals surface area contributed by atoms with Gasteiger partial charge in [-0.25, -0.2) is 8.42 Å². The van der Waals surface area contributed by atoms with Crippen molar-refractivity contribution in [2.75, 3.05) is 4.72 Å². The third-order valence-electron chi connectivity index (χ3n) is 3.40. The van der Waals surface area contributed by atoms with Gasteiger partial charge in [-0.1, -0.05) is 37.6 Å². The Morgan fingerprint density at radius 2 is 1.87 bits per heavy atom. The number of rotatable bonds is 7. The normalized spacial score (nSPS) is 11.2. The van der Waals surface area contributed by atoms with E-state index in [1.54, 1.807) is 12.1 Å². The van der Waals surface area contributed by atoms with E-state index in [-0.39, 0.29) is 10.6 Å². The highest BCUT2D eigenvalue weighted by Crippen LogP contribution is 2.23. The van der Waals surface area contributed by atoms with Crippen molar-refractivity contribution in [2.45, 2.75) is 31.1 Å². The van der Waals surface area contributed by atoms with Gasteiger partial charge < -0.3 is 0 Å². The van der Waals surface area contributed by atoms with Crippen LogP contribution in [0.3, 0.4) is 0 Å². The van der Waals surface area contributed by atoms with Crippen molar-refractivity contribution in [3.05, 3.63) is 64.2 Å². The largest absolute Gasteiger partial charge is 0.279 e. The SMILES string of the molecule is CCCCc1ccccc1NS(=O)(=O)c1cccc([N+](=O)[O-])c1. The van der Waals surface area contributed by atoms with Gasteiger partial charge in [-0.2, -0.15) is 0 Å². The predicted octanol–water partition coefficient (Wildman–Crippen LogP) is 3.74. The van der Waals surface area contributed by atoms with Crippen LogP contribution in [-0.4, -0.2) is 13.3 Å². The number of nitro benzene ring substituents is 1. The number of aryl methyl sites for hydroxylation is 1. The van der Waals surface area contributed by atoms with E-state index in [0.29, 0.717) is 5.69 Å². The van der Waals surface area contributed by atoms with Crippen LogP contribution in [0.25, 0.3) is 0 Å². The average Bonchev–Trinajstić information content (AvgIpc) is 2.54. The first-order valence-electron chi connectivity index (χ1n) is 7.29. The van der Waals surface area contributed by atoms with Gasteiger partial charge in [-0.05, 0) is 30.5 Å². The van der Waals surface area contributed by atoms with Crippen LogP contribution in [-0.2, 0) is 16.4 Å². The molecule has 0 aliphatic rings. The van der Waals surface area contributed by atoms with Crippen molar-refractivity contribution in [1.29, 1.82) is 0 Å². The minimum Gasteiger partial charge on any atom is -0.279 e. The summed E-state index contributed by atoms with van der Waals surface area (Å²) in [5.74, 6) is 0. The predicted molar refractivity (Wildman–Crippen MR) is 89.0 cm³/mol. The van der Waals surface area contributed by atoms with Crippen molar-refractivity contribution >= 4 is 21.4 Å². The molecule has 2 aromatic carbocycles. The van der Waals surface area contributed by atoms with Gasteiger partial charge in [0, 0.05) is 12.1 Å². The number of hydrogen-bond acceptors (Lipinski definition) is 4. The molecule has 0 radical (unpaired) electrons. The zero-order valence-electron chi connectivity index (χ0n) is 12.7. The number of nitrogens with zero attached hydrogens (tertiary/aromatic N) is 1. The smallest absolute Gasteiger partial charge is 0.270 e. The van der Waals surface area contributed by atoms with Crippen molar-refractivity contribution in [3.63, 3.8) is 0 Å². The lowest BCUT2D eigenvalue weighted by atomic mass is 10.1. The van der Waals surface area contributed by atoms with E-state index in [0.717, 1.165) is 30.9 Å². The fraction of sp³-hybridized carbons (Fsp3) is 0.250. The topological polar surface area (TPSA) is 89.3 Å². The number of unbranched alkanes of at least 4 members (excludes halogenated alkanes) is 1. The fourth-order valence-electron chi connectivity index (χ4n) is 2.17. The van der Waals surface area contributed by atoms with Gasteiger partial charge in [0.15, 0.2) is 0 Å². The zero-order valence-corrected chi connectivity index (χ0v) is 13.5. The van der Waals surface area contributed by atoms with E-state index >= 15 is 0 Å². The molecule has 0 unspecified atom stereocenters. The minimum atomic E-state index is -3.87. The lowest BCUT2D eigenvalue weighted by Gasteiger charge is -2.12. The molecule has 122 valence electrons. The zero-order chi connectivity index (χ0) is 16.9. The fourth-order valence-corrected chi connectivity index (χ4v) is 3.31. The molecule has 0 aliphatic carbocycles. The van der Waals surface area contributed by atoms with E-state index in [2.05, 4.69) is 11.6 Å². The summed E-state index contributed by atoms with van der Waals surface area (Å²) in [7, 11) is -3.87. The Kier molecular flexibility index (Phi) is 5.33. The van der Waals surface area contributed by atoms with Gasteiger partial charge in [-0.3, -0.25) is 14.8 Å². The number of non-ortho nitro benzene ring substituents is 1. The molecule has 6 nitrogen and oxygen atoms in total. The maximum atomic E-state index is 12.5. The molecule has 0 aliphatic heterocycles. The van der Waals surface area contributed by atoms with Crippen LogP contribution in [0.15, 0.2) is 53.4 Å². The molecule has 1 N–H and O–H groups in total. The van der Waals surface area contributed by atoms with Crippen LogP contribution in [0, 0.1) is 10.1 Å². The van der Waals surface area contributed by atoms with Gasteiger partial charge in [-0.15, -0.1) is 0 Å². The molecule has 0 bridgehead atoms. The van der Waals surface area contributed by atoms with Gasteiger partial charge in [0.25, 0.3) is 15.7 Å². The molecule has 2 rings (SSSR count). The Labute approximate surface area is 135 Å². The Morgan fingerprint density at radius 1 is 1.13 bits per heavy atom. The van der Waals surface area contributed by atoms with E-state index in [4.69, 9.17) is 0 Å². The summed E-state index contributed by atoms with van der Waals surface area (Å²) in [6, 6.07) is 12.2. The van der Waals surface area contributed by atoms with Crippen LogP contribution in [0.4, 0.5) is 11.4 Å². The first-order valence-corrected chi connectivity index (χ1v) is 8.77. The number of anilines is 1. The molecule has 23 heavy (non-hydrogen) atoms. The molecule has 0 fully saturated rings. The summed E-state index contributed by atoms with van der Waals surface area (Å²) in [6.07, 6.45) is 2.73. The van der Waals surface area contributed by atoms with Crippen LogP contribution in [0.2, 0.25) is 0 Å². The number of hydrogen-bond donors (Lipinski definition) is 1. The van der Waals surface area contributed by atoms with Crippen molar-refractivity contribution in [2.24, 2.45) is 0 Å². The summed E-state index contributed by atoms with van der Waals surface area (Å²) in [5.41, 5.74) is 1.16. The van der Waals surface area contributed by atoms with Gasteiger partial charge in [0.1, 0.15) is 0 Å². The second kappa shape index (κ2) is 7.23. The highest BCUT2D eigenvalue weighted by Gasteiger charge is 2.18.